The van der Waals surface area contributed by atoms with Crippen molar-refractivity contribution < 1.29 is 14.7 Å². The Labute approximate surface area is 204 Å². The molecule has 0 radical (unpaired) electrons. The monoisotopic (exact) mass is 467 g/mol. The quantitative estimate of drug-likeness (QED) is 0.312. The average molecular weight is 468 g/mol. The van der Waals surface area contributed by atoms with Gasteiger partial charge in [0.1, 0.15) is 5.82 Å². The minimum absolute atomic E-state index is 0.243. The summed E-state index contributed by atoms with van der Waals surface area (Å²) in [6.07, 6.45) is 6.77. The Kier molecular flexibility index (Phi) is 7.41. The van der Waals surface area contributed by atoms with E-state index in [1.54, 1.807) is 24.4 Å². The molecular weight excluding hydrogens is 438 g/mol. The predicted molar refractivity (Wildman–Crippen MR) is 138 cm³/mol. The molecule has 6 heteroatoms. The Morgan fingerprint density at radius 2 is 1.80 bits per heavy atom. The van der Waals surface area contributed by atoms with E-state index >= 15 is 0 Å². The van der Waals surface area contributed by atoms with Gasteiger partial charge in [0.25, 0.3) is 0 Å². The number of primary amides is 1. The minimum Gasteiger partial charge on any atom is -0.478 e. The number of nitrogens with two attached hydrogens (primary N) is 1. The van der Waals surface area contributed by atoms with Crippen molar-refractivity contribution in [1.82, 2.24) is 9.55 Å². The summed E-state index contributed by atoms with van der Waals surface area (Å²) < 4.78 is 2.07. The van der Waals surface area contributed by atoms with Crippen LogP contribution in [-0.2, 0) is 24.2 Å². The second-order valence-corrected chi connectivity index (χ2v) is 8.65. The summed E-state index contributed by atoms with van der Waals surface area (Å²) in [5.74, 6) is -0.547. The van der Waals surface area contributed by atoms with Crippen molar-refractivity contribution in [3.8, 4) is 0 Å². The Hall–Kier alpha value is -4.19. The predicted octanol–water partition coefficient (Wildman–Crippen LogP) is 5.24. The van der Waals surface area contributed by atoms with E-state index in [0.717, 1.165) is 52.7 Å². The van der Waals surface area contributed by atoms with Gasteiger partial charge >= 0.3 is 5.97 Å². The molecule has 0 bridgehead atoms. The summed E-state index contributed by atoms with van der Waals surface area (Å²) in [5.41, 5.74) is 9.13. The van der Waals surface area contributed by atoms with Crippen LogP contribution in [-0.4, -0.2) is 26.5 Å². The third-order valence-electron chi connectivity index (χ3n) is 6.12. The molecule has 3 aromatic carbocycles. The summed E-state index contributed by atoms with van der Waals surface area (Å²) in [6, 6.07) is 20.9. The van der Waals surface area contributed by atoms with E-state index in [9.17, 15) is 14.7 Å². The normalized spacial score (nSPS) is 11.6. The number of carbonyl (C=O) groups excluding carboxylic acids is 1. The van der Waals surface area contributed by atoms with E-state index < -0.39 is 11.9 Å². The molecule has 0 aliphatic rings. The third-order valence-corrected chi connectivity index (χ3v) is 6.12. The topological polar surface area (TPSA) is 98.2 Å². The first kappa shape index (κ1) is 24.0. The van der Waals surface area contributed by atoms with Crippen LogP contribution in [0.2, 0.25) is 0 Å². The van der Waals surface area contributed by atoms with Crippen LogP contribution in [0.1, 0.15) is 52.8 Å². The van der Waals surface area contributed by atoms with Crippen LogP contribution in [0.5, 0.6) is 0 Å². The first-order valence-corrected chi connectivity index (χ1v) is 11.8. The first-order valence-electron chi connectivity index (χ1n) is 11.8. The summed E-state index contributed by atoms with van der Waals surface area (Å²) >= 11 is 0. The smallest absolute Gasteiger partial charge is 0.335 e. The van der Waals surface area contributed by atoms with Crippen molar-refractivity contribution in [1.29, 1.82) is 0 Å². The molecule has 0 unspecified atom stereocenters. The van der Waals surface area contributed by atoms with Crippen LogP contribution in [0.15, 0.2) is 78.5 Å². The lowest BCUT2D eigenvalue weighted by Crippen LogP contribution is -2.16. The lowest BCUT2D eigenvalue weighted by Gasteiger charge is -2.14. The first-order chi connectivity index (χ1) is 17.0. The lowest BCUT2D eigenvalue weighted by atomic mass is 10.0. The highest BCUT2D eigenvalue weighted by Crippen LogP contribution is 2.25. The number of aromatic nitrogens is 2. The van der Waals surface area contributed by atoms with Crippen molar-refractivity contribution in [2.45, 2.75) is 39.2 Å². The van der Waals surface area contributed by atoms with Gasteiger partial charge < -0.3 is 15.4 Å². The number of carboxylic acids is 1. The van der Waals surface area contributed by atoms with Gasteiger partial charge in [-0.15, -0.1) is 0 Å². The fraction of sp³-hybridized carbons (Fsp3) is 0.207. The Morgan fingerprint density at radius 3 is 2.51 bits per heavy atom. The van der Waals surface area contributed by atoms with E-state index in [2.05, 4.69) is 16.5 Å². The van der Waals surface area contributed by atoms with Crippen molar-refractivity contribution >= 4 is 28.7 Å². The Morgan fingerprint density at radius 1 is 1.06 bits per heavy atom. The van der Waals surface area contributed by atoms with Crippen LogP contribution in [0.4, 0.5) is 0 Å². The van der Waals surface area contributed by atoms with Gasteiger partial charge in [0.05, 0.1) is 17.5 Å². The number of benzene rings is 3. The summed E-state index contributed by atoms with van der Waals surface area (Å²) in [7, 11) is 0. The number of aryl methyl sites for hydroxylation is 1. The van der Waals surface area contributed by atoms with Crippen molar-refractivity contribution in [2.75, 3.05) is 0 Å². The lowest BCUT2D eigenvalue weighted by molar-refractivity contribution is -0.114. The molecule has 35 heavy (non-hydrogen) atoms. The number of imidazole rings is 1. The fourth-order valence-corrected chi connectivity index (χ4v) is 4.28. The number of nitrogens with zero attached hydrogens (tertiary/aromatic N) is 2. The SMILES string of the molecule is CCCCc1ncc(/C=C(\Cc2ccccc2)C(N)=O)n1Cc1cc(C(=O)O)cc2ccccc12. The van der Waals surface area contributed by atoms with Crippen molar-refractivity contribution in [3.05, 3.63) is 107 Å². The van der Waals surface area contributed by atoms with E-state index in [-0.39, 0.29) is 5.56 Å². The number of rotatable bonds is 10. The van der Waals surface area contributed by atoms with E-state index in [1.165, 1.54) is 0 Å². The van der Waals surface area contributed by atoms with Gasteiger partial charge in [-0.1, -0.05) is 67.9 Å². The summed E-state index contributed by atoms with van der Waals surface area (Å²) in [5, 5.41) is 11.5. The molecule has 1 aromatic heterocycles. The number of aromatic carboxylic acids is 1. The van der Waals surface area contributed by atoms with Gasteiger partial charge in [-0.2, -0.15) is 0 Å². The van der Waals surface area contributed by atoms with E-state index in [0.29, 0.717) is 18.5 Å². The van der Waals surface area contributed by atoms with E-state index in [1.807, 2.05) is 54.6 Å². The van der Waals surface area contributed by atoms with Crippen LogP contribution < -0.4 is 5.73 Å². The number of hydrogen-bond acceptors (Lipinski definition) is 3. The maximum atomic E-state index is 12.3. The second-order valence-electron chi connectivity index (χ2n) is 8.65. The molecule has 4 aromatic rings. The Balaban J connectivity index is 1.80. The Bertz CT molecular complexity index is 1390. The summed E-state index contributed by atoms with van der Waals surface area (Å²) in [6.45, 7) is 2.56. The number of amides is 1. The van der Waals surface area contributed by atoms with Crippen LogP contribution >= 0.6 is 0 Å². The van der Waals surface area contributed by atoms with Gasteiger partial charge in [0.15, 0.2) is 0 Å². The fourth-order valence-electron chi connectivity index (χ4n) is 4.28. The van der Waals surface area contributed by atoms with Gasteiger partial charge in [-0.05, 0) is 46.5 Å². The van der Waals surface area contributed by atoms with Crippen molar-refractivity contribution in [2.24, 2.45) is 5.73 Å². The number of fused-ring (bicyclic) bond motifs is 1. The average Bonchev–Trinajstić information content (AvgIpc) is 3.23. The van der Waals surface area contributed by atoms with Crippen LogP contribution in [0, 0.1) is 0 Å². The van der Waals surface area contributed by atoms with E-state index in [4.69, 9.17) is 5.73 Å². The zero-order chi connectivity index (χ0) is 24.8. The molecule has 4 rings (SSSR count). The highest BCUT2D eigenvalue weighted by molar-refractivity contribution is 5.97. The zero-order valence-electron chi connectivity index (χ0n) is 19.8. The molecular formula is C29H29N3O3. The molecule has 1 heterocycles. The highest BCUT2D eigenvalue weighted by atomic mass is 16.4. The molecule has 3 N–H and O–H groups in total. The molecule has 0 spiro atoms. The number of unbranched alkanes of at least 4 members (excludes halogenated alkanes) is 1. The zero-order valence-corrected chi connectivity index (χ0v) is 19.8. The standard InChI is InChI=1S/C29H29N3O3/c1-2-3-13-27-31-18-25(17-22(28(30)33)14-20-9-5-4-6-10-20)32(27)19-24-16-23(29(34)35)15-21-11-7-8-12-26(21)24/h4-12,15-18H,2-3,13-14,19H2,1H3,(H2,30,33)(H,34,35)/b22-17+. The maximum absolute atomic E-state index is 12.3. The molecule has 0 aliphatic heterocycles. The molecule has 0 saturated heterocycles. The van der Waals surface area contributed by atoms with Gasteiger partial charge in [-0.25, -0.2) is 9.78 Å². The number of carboxylic acid groups (broad SMARTS) is 1. The molecule has 0 atom stereocenters. The number of hydrogen-bond donors (Lipinski definition) is 2. The minimum atomic E-state index is -0.965. The summed E-state index contributed by atoms with van der Waals surface area (Å²) in [4.78, 5) is 28.8. The molecule has 178 valence electrons. The molecule has 6 nitrogen and oxygen atoms in total. The molecule has 1 amide bonds. The molecule has 0 saturated carbocycles. The number of carbonyl (C=O) groups is 2. The van der Waals surface area contributed by atoms with Crippen LogP contribution in [0.3, 0.4) is 0 Å². The molecule has 0 fully saturated rings. The third kappa shape index (κ3) is 5.66. The highest BCUT2D eigenvalue weighted by Gasteiger charge is 2.15. The molecule has 0 aliphatic carbocycles. The largest absolute Gasteiger partial charge is 0.478 e. The van der Waals surface area contributed by atoms with Crippen LogP contribution in [0.25, 0.3) is 16.8 Å². The van der Waals surface area contributed by atoms with Gasteiger partial charge in [0.2, 0.25) is 5.91 Å². The van der Waals surface area contributed by atoms with Crippen molar-refractivity contribution in [3.63, 3.8) is 0 Å². The van der Waals surface area contributed by atoms with Gasteiger partial charge in [-0.3, -0.25) is 4.79 Å². The maximum Gasteiger partial charge on any atom is 0.335 e. The van der Waals surface area contributed by atoms with Gasteiger partial charge in [0, 0.05) is 25.0 Å². The second kappa shape index (κ2) is 10.8.